The number of ether oxygens (including phenoxy) is 3. The molecule has 2 heterocycles. The zero-order valence-electron chi connectivity index (χ0n) is 28.2. The van der Waals surface area contributed by atoms with Gasteiger partial charge in [0.05, 0.1) is 0 Å². The first-order valence-corrected chi connectivity index (χ1v) is 16.8. The van der Waals surface area contributed by atoms with Gasteiger partial charge in [-0.2, -0.15) is 0 Å². The van der Waals surface area contributed by atoms with E-state index in [9.17, 15) is 9.59 Å². The number of carbonyl (C=O) groups excluding carboxylic acids is 2. The molecule has 2 unspecified atom stereocenters. The third kappa shape index (κ3) is 10.3. The van der Waals surface area contributed by atoms with E-state index in [-0.39, 0.29) is 18.6 Å². The molecule has 0 aliphatic carbocycles. The van der Waals surface area contributed by atoms with Crippen LogP contribution in [-0.4, -0.2) is 79.6 Å². The topological polar surface area (TPSA) is 89.6 Å². The smallest absolute Gasteiger partial charge is 0.410 e. The fourth-order valence-electron chi connectivity index (χ4n) is 6.03. The van der Waals surface area contributed by atoms with Gasteiger partial charge < -0.3 is 24.0 Å². The molecule has 2 fully saturated rings. The second kappa shape index (κ2) is 16.3. The summed E-state index contributed by atoms with van der Waals surface area (Å²) in [7, 11) is 2.15. The Morgan fingerprint density at radius 3 is 2.51 bits per heavy atom. The summed E-state index contributed by atoms with van der Waals surface area (Å²) >= 11 is 0. The second-order valence-electron chi connectivity index (χ2n) is 13.5. The van der Waals surface area contributed by atoms with Crippen molar-refractivity contribution in [3.63, 3.8) is 0 Å². The number of fused-ring (bicyclic) bond motifs is 1. The van der Waals surface area contributed by atoms with Gasteiger partial charge in [-0.15, -0.1) is 0 Å². The Kier molecular flexibility index (Phi) is 11.9. The Bertz CT molecular complexity index is 1500. The van der Waals surface area contributed by atoms with E-state index in [0.717, 1.165) is 66.3 Å². The summed E-state index contributed by atoms with van der Waals surface area (Å²) in [5, 5.41) is 2.12. The number of nitrogens with zero attached hydrogens (tertiary/aromatic N) is 2. The molecule has 2 amide bonds. The van der Waals surface area contributed by atoms with Gasteiger partial charge in [0, 0.05) is 43.1 Å². The minimum absolute atomic E-state index is 0.272. The monoisotopic (exact) mass is 643 g/mol. The molecule has 0 bridgehead atoms. The van der Waals surface area contributed by atoms with Gasteiger partial charge in [-0.25, -0.2) is 15.1 Å². The van der Waals surface area contributed by atoms with Crippen molar-refractivity contribution in [3.05, 3.63) is 83.4 Å². The van der Waals surface area contributed by atoms with E-state index in [1.54, 1.807) is 17.0 Å². The van der Waals surface area contributed by atoms with Crippen LogP contribution in [0.5, 0.6) is 5.75 Å². The predicted molar refractivity (Wildman–Crippen MR) is 184 cm³/mol. The number of likely N-dealkylation sites (tertiary alicyclic amines) is 1. The van der Waals surface area contributed by atoms with E-state index in [4.69, 9.17) is 19.0 Å². The molecule has 2 saturated heterocycles. The number of hydrogen-bond donors (Lipinski definition) is 1. The molecule has 5 rings (SSSR count). The highest BCUT2D eigenvalue weighted by Gasteiger charge is 2.27. The lowest BCUT2D eigenvalue weighted by atomic mass is 10.1. The summed E-state index contributed by atoms with van der Waals surface area (Å²) in [6.45, 7) is 8.56. The first-order chi connectivity index (χ1) is 22.6. The first-order valence-electron chi connectivity index (χ1n) is 16.8. The van der Waals surface area contributed by atoms with Crippen LogP contribution < -0.4 is 10.2 Å². The van der Waals surface area contributed by atoms with Crippen molar-refractivity contribution < 1.29 is 28.6 Å². The van der Waals surface area contributed by atoms with E-state index in [1.807, 2.05) is 69.3 Å². The van der Waals surface area contributed by atoms with E-state index in [1.165, 1.54) is 6.42 Å². The van der Waals surface area contributed by atoms with Crippen molar-refractivity contribution in [2.75, 3.05) is 39.9 Å². The van der Waals surface area contributed by atoms with Crippen LogP contribution in [0.4, 0.5) is 4.79 Å². The summed E-state index contributed by atoms with van der Waals surface area (Å²) in [5.74, 6) is 0.446. The number of carbonyl (C=O) groups is 2. The lowest BCUT2D eigenvalue weighted by molar-refractivity contribution is -0.186. The molecular weight excluding hydrogens is 594 g/mol. The standard InChI is InChI=1S/C38H49N3O6/c1-38(2,3)46-37(43)41(23-21-32-13-10-22-40(32)4)26-29(27-45-34-15-9-12-30-11-5-6-14-33(30)34)25-28-17-19-31(20-18-28)36(42)39-47-35-16-7-8-24-44-35/h5-6,9,11-12,14-15,17-20,25,32,35H,7-8,10,13,16,21-24,26-27H2,1-4H3,(H,39,42)/b29-25-. The SMILES string of the molecule is CN1CCCC1CCN(C/C(=C/c1ccc(C(=O)NOC2CCCCO2)cc1)COc1cccc2ccccc12)C(=O)OC(C)(C)C. The summed E-state index contributed by atoms with van der Waals surface area (Å²) in [6, 6.07) is 21.9. The third-order valence-electron chi connectivity index (χ3n) is 8.58. The summed E-state index contributed by atoms with van der Waals surface area (Å²) in [4.78, 5) is 35.9. The van der Waals surface area contributed by atoms with Gasteiger partial charge in [0.2, 0.25) is 0 Å². The Hall–Kier alpha value is -3.92. The minimum atomic E-state index is -0.619. The third-order valence-corrected chi connectivity index (χ3v) is 8.58. The van der Waals surface area contributed by atoms with Crippen LogP contribution in [0.15, 0.2) is 72.3 Å². The molecule has 1 N–H and O–H groups in total. The number of amides is 2. The summed E-state index contributed by atoms with van der Waals surface area (Å²) < 4.78 is 17.8. The van der Waals surface area contributed by atoms with E-state index >= 15 is 0 Å². The van der Waals surface area contributed by atoms with Crippen molar-refractivity contribution >= 4 is 28.8 Å². The zero-order valence-corrected chi connectivity index (χ0v) is 28.2. The number of benzene rings is 3. The molecule has 0 spiro atoms. The molecule has 3 aromatic rings. The maximum atomic E-state index is 13.5. The van der Waals surface area contributed by atoms with Crippen LogP contribution in [0, 0.1) is 0 Å². The van der Waals surface area contributed by atoms with E-state index in [2.05, 4.69) is 29.6 Å². The van der Waals surface area contributed by atoms with Crippen molar-refractivity contribution in [1.82, 2.24) is 15.3 Å². The number of hydrogen-bond acceptors (Lipinski definition) is 7. The first kappa shape index (κ1) is 34.4. The largest absolute Gasteiger partial charge is 0.489 e. The highest BCUT2D eigenvalue weighted by atomic mass is 16.8. The number of hydroxylamine groups is 1. The quantitative estimate of drug-likeness (QED) is 0.209. The predicted octanol–water partition coefficient (Wildman–Crippen LogP) is 7.21. The van der Waals surface area contributed by atoms with E-state index < -0.39 is 11.9 Å². The van der Waals surface area contributed by atoms with Gasteiger partial charge in [0.1, 0.15) is 18.0 Å². The van der Waals surface area contributed by atoms with Gasteiger partial charge >= 0.3 is 6.09 Å². The maximum absolute atomic E-state index is 13.5. The molecule has 2 atom stereocenters. The number of nitrogens with one attached hydrogen (secondary N) is 1. The Morgan fingerprint density at radius 1 is 1.00 bits per heavy atom. The lowest BCUT2D eigenvalue weighted by Crippen LogP contribution is -2.41. The maximum Gasteiger partial charge on any atom is 0.410 e. The van der Waals surface area contributed by atoms with Gasteiger partial charge in [-0.05, 0) is 101 Å². The zero-order chi connectivity index (χ0) is 33.2. The van der Waals surface area contributed by atoms with Crippen LogP contribution in [0.2, 0.25) is 0 Å². The Morgan fingerprint density at radius 2 is 1.79 bits per heavy atom. The highest BCUT2D eigenvalue weighted by molar-refractivity contribution is 5.93. The molecule has 9 heteroatoms. The molecule has 0 aromatic heterocycles. The molecule has 47 heavy (non-hydrogen) atoms. The van der Waals surface area contributed by atoms with Gasteiger partial charge in [-0.1, -0.05) is 54.6 Å². The Labute approximate surface area is 278 Å². The molecule has 3 aromatic carbocycles. The van der Waals surface area contributed by atoms with Crippen molar-refractivity contribution in [2.24, 2.45) is 0 Å². The lowest BCUT2D eigenvalue weighted by Gasteiger charge is -2.30. The van der Waals surface area contributed by atoms with Crippen LogP contribution >= 0.6 is 0 Å². The van der Waals surface area contributed by atoms with Gasteiger partial charge in [-0.3, -0.25) is 4.79 Å². The van der Waals surface area contributed by atoms with Crippen LogP contribution in [0.1, 0.15) is 75.2 Å². The van der Waals surface area contributed by atoms with Crippen LogP contribution in [0.25, 0.3) is 16.8 Å². The Balaban J connectivity index is 1.35. The second-order valence-corrected chi connectivity index (χ2v) is 13.5. The molecule has 2 aliphatic rings. The fourth-order valence-corrected chi connectivity index (χ4v) is 6.03. The minimum Gasteiger partial charge on any atom is -0.489 e. The van der Waals surface area contributed by atoms with Gasteiger partial charge in [0.25, 0.3) is 5.91 Å². The average Bonchev–Trinajstić information content (AvgIpc) is 3.48. The van der Waals surface area contributed by atoms with Crippen molar-refractivity contribution in [2.45, 2.75) is 77.2 Å². The highest BCUT2D eigenvalue weighted by Crippen LogP contribution is 2.26. The summed E-state index contributed by atoms with van der Waals surface area (Å²) in [6.07, 6.45) is 7.21. The molecule has 0 radical (unpaired) electrons. The van der Waals surface area contributed by atoms with Crippen molar-refractivity contribution in [3.8, 4) is 5.75 Å². The molecular formula is C38H49N3O6. The molecule has 9 nitrogen and oxygen atoms in total. The molecule has 0 saturated carbocycles. The van der Waals surface area contributed by atoms with E-state index in [0.29, 0.717) is 31.3 Å². The van der Waals surface area contributed by atoms with Crippen molar-refractivity contribution in [1.29, 1.82) is 0 Å². The normalized spacial score (nSPS) is 19.0. The van der Waals surface area contributed by atoms with Gasteiger partial charge in [0.15, 0.2) is 6.29 Å². The molecule has 2 aliphatic heterocycles. The molecule has 252 valence electrons. The summed E-state index contributed by atoms with van der Waals surface area (Å²) in [5.41, 5.74) is 4.16. The average molecular weight is 644 g/mol. The fraction of sp³-hybridized carbons (Fsp3) is 0.474. The van der Waals surface area contributed by atoms with Crippen LogP contribution in [0.3, 0.4) is 0 Å². The number of rotatable bonds is 12. The van der Waals surface area contributed by atoms with Crippen LogP contribution in [-0.2, 0) is 14.3 Å².